The lowest BCUT2D eigenvalue weighted by molar-refractivity contribution is -0.151. The van der Waals surface area contributed by atoms with Crippen molar-refractivity contribution in [1.82, 2.24) is 9.80 Å². The Balaban J connectivity index is 5.08. The molecule has 0 N–H and O–H groups in total. The van der Waals surface area contributed by atoms with Crippen LogP contribution in [0.5, 0.6) is 0 Å². The maximum absolute atomic E-state index is 13.8. The third kappa shape index (κ3) is 46.9. The van der Waals surface area contributed by atoms with Gasteiger partial charge in [0.15, 0.2) is 0 Å². The Morgan fingerprint density at radius 2 is 0.652 bits per heavy atom. The van der Waals surface area contributed by atoms with Gasteiger partial charge in [-0.3, -0.25) is 9.59 Å². The Morgan fingerprint density at radius 1 is 0.348 bits per heavy atom. The van der Waals surface area contributed by atoms with Gasteiger partial charge in [0, 0.05) is 39.6 Å². The zero-order valence-corrected chi connectivity index (χ0v) is 47.2. The van der Waals surface area contributed by atoms with Crippen LogP contribution >= 0.6 is 0 Å². The molecule has 0 radical (unpaired) electrons. The summed E-state index contributed by atoms with van der Waals surface area (Å²) in [6.45, 7) is 12.2. The molecular formula is C60H118N2O7. The monoisotopic (exact) mass is 979 g/mol. The highest BCUT2D eigenvalue weighted by atomic mass is 16.6. The highest BCUT2D eigenvalue weighted by molar-refractivity contribution is 5.70. The smallest absolute Gasteiger partial charge is 0.410 e. The van der Waals surface area contributed by atoms with E-state index in [-0.39, 0.29) is 36.3 Å². The van der Waals surface area contributed by atoms with Crippen LogP contribution in [-0.2, 0) is 28.5 Å². The van der Waals surface area contributed by atoms with Gasteiger partial charge in [-0.05, 0) is 130 Å². The Bertz CT molecular complexity index is 1020. The van der Waals surface area contributed by atoms with E-state index in [9.17, 15) is 14.4 Å². The first-order valence-electron chi connectivity index (χ1n) is 30.2. The summed E-state index contributed by atoms with van der Waals surface area (Å²) in [4.78, 5) is 43.7. The van der Waals surface area contributed by atoms with Crippen LogP contribution in [0.25, 0.3) is 0 Å². The Labute approximate surface area is 429 Å². The Morgan fingerprint density at radius 3 is 1.01 bits per heavy atom. The van der Waals surface area contributed by atoms with Crippen molar-refractivity contribution in [3.8, 4) is 0 Å². The van der Waals surface area contributed by atoms with E-state index >= 15 is 0 Å². The molecule has 0 aliphatic carbocycles. The molecule has 0 rings (SSSR count). The number of hydrogen-bond acceptors (Lipinski definition) is 8. The van der Waals surface area contributed by atoms with Crippen molar-refractivity contribution in [2.45, 2.75) is 322 Å². The SMILES string of the molecule is CCCCCCC(CCCCCC)OC(=O)CCCCCCCCC(CCCCCCCCC(=O)OC(CCCCCC)CCCCCC)OC(=O)N(CCCCCCCCOC)CCCN(C)C. The fourth-order valence-corrected chi connectivity index (χ4v) is 9.51. The normalized spacial score (nSPS) is 11.7. The number of amides is 1. The zero-order chi connectivity index (χ0) is 50.7. The van der Waals surface area contributed by atoms with E-state index in [4.69, 9.17) is 18.9 Å². The molecule has 0 aromatic carbocycles. The van der Waals surface area contributed by atoms with Crippen molar-refractivity contribution in [3.63, 3.8) is 0 Å². The lowest BCUT2D eigenvalue weighted by atomic mass is 10.0. The number of nitrogens with zero attached hydrogens (tertiary/aromatic N) is 2. The minimum absolute atomic E-state index is 0.00524. The molecule has 9 nitrogen and oxygen atoms in total. The van der Waals surface area contributed by atoms with Crippen molar-refractivity contribution in [2.24, 2.45) is 0 Å². The van der Waals surface area contributed by atoms with Crippen molar-refractivity contribution in [2.75, 3.05) is 47.4 Å². The number of esters is 2. The quantitative estimate of drug-likeness (QED) is 0.0338. The van der Waals surface area contributed by atoms with E-state index in [1.807, 2.05) is 4.90 Å². The van der Waals surface area contributed by atoms with Crippen LogP contribution in [0.4, 0.5) is 4.79 Å². The molecule has 0 aromatic heterocycles. The van der Waals surface area contributed by atoms with E-state index in [1.54, 1.807) is 7.11 Å². The average Bonchev–Trinajstić information content (AvgIpc) is 3.33. The molecule has 69 heavy (non-hydrogen) atoms. The number of carbonyl (C=O) groups is 3. The number of rotatable bonds is 54. The third-order valence-corrected chi connectivity index (χ3v) is 14.0. The van der Waals surface area contributed by atoms with Crippen molar-refractivity contribution < 1.29 is 33.3 Å². The van der Waals surface area contributed by atoms with Crippen LogP contribution in [0.1, 0.15) is 304 Å². The second-order valence-electron chi connectivity index (χ2n) is 21.2. The molecule has 0 aromatic rings. The van der Waals surface area contributed by atoms with Gasteiger partial charge in [-0.15, -0.1) is 0 Å². The fraction of sp³-hybridized carbons (Fsp3) is 0.950. The average molecular weight is 980 g/mol. The number of unbranched alkanes of at least 4 members (excludes halogenated alkanes) is 27. The number of ether oxygens (including phenoxy) is 4. The summed E-state index contributed by atoms with van der Waals surface area (Å²) in [6.07, 6.45) is 47.0. The van der Waals surface area contributed by atoms with Gasteiger partial charge in [0.05, 0.1) is 0 Å². The maximum atomic E-state index is 13.8. The van der Waals surface area contributed by atoms with Crippen molar-refractivity contribution >= 4 is 18.0 Å². The number of carbonyl (C=O) groups excluding carboxylic acids is 3. The molecule has 0 saturated carbocycles. The van der Waals surface area contributed by atoms with E-state index in [1.165, 1.54) is 96.3 Å². The second kappa shape index (κ2) is 52.5. The fourth-order valence-electron chi connectivity index (χ4n) is 9.51. The van der Waals surface area contributed by atoms with Gasteiger partial charge in [-0.25, -0.2) is 4.79 Å². The number of hydrogen-bond donors (Lipinski definition) is 0. The summed E-state index contributed by atoms with van der Waals surface area (Å²) in [5.41, 5.74) is 0. The van der Waals surface area contributed by atoms with Gasteiger partial charge in [-0.1, -0.05) is 182 Å². The van der Waals surface area contributed by atoms with Crippen LogP contribution < -0.4 is 0 Å². The van der Waals surface area contributed by atoms with E-state index in [0.717, 1.165) is 193 Å². The minimum atomic E-state index is -0.133. The van der Waals surface area contributed by atoms with Crippen LogP contribution in [0.15, 0.2) is 0 Å². The van der Waals surface area contributed by atoms with Gasteiger partial charge in [-0.2, -0.15) is 0 Å². The van der Waals surface area contributed by atoms with Gasteiger partial charge >= 0.3 is 18.0 Å². The Kier molecular flexibility index (Phi) is 51.0. The lowest BCUT2D eigenvalue weighted by Gasteiger charge is -2.26. The summed E-state index contributed by atoms with van der Waals surface area (Å²) in [6, 6.07) is 0. The second-order valence-corrected chi connectivity index (χ2v) is 21.2. The summed E-state index contributed by atoms with van der Waals surface area (Å²) in [7, 11) is 5.95. The molecular weight excluding hydrogens is 861 g/mol. The van der Waals surface area contributed by atoms with E-state index < -0.39 is 0 Å². The third-order valence-electron chi connectivity index (χ3n) is 14.0. The van der Waals surface area contributed by atoms with Crippen LogP contribution in [0.2, 0.25) is 0 Å². The highest BCUT2D eigenvalue weighted by Gasteiger charge is 2.21. The molecule has 9 heteroatoms. The predicted octanol–water partition coefficient (Wildman–Crippen LogP) is 17.7. The first-order valence-corrected chi connectivity index (χ1v) is 30.2. The van der Waals surface area contributed by atoms with Crippen LogP contribution in [0.3, 0.4) is 0 Å². The minimum Gasteiger partial charge on any atom is -0.462 e. The standard InChI is InChI=1S/C60H118N2O7/c1-8-12-16-32-43-55(44-33-17-13-9-2)67-58(63)49-38-28-22-20-26-36-47-57(69-60(65)62(53-42-51-61(5)6)52-40-30-24-25-31-41-54-66-7)48-37-27-21-23-29-39-50-59(64)68-56(45-34-18-14-10-3)46-35-19-15-11-4/h55-57H,8-54H2,1-7H3. The van der Waals surface area contributed by atoms with Gasteiger partial charge in [0.2, 0.25) is 0 Å². The van der Waals surface area contributed by atoms with E-state index in [0.29, 0.717) is 12.8 Å². The summed E-state index contributed by atoms with van der Waals surface area (Å²) < 4.78 is 23.7. The molecule has 0 aliphatic rings. The first kappa shape index (κ1) is 67.1. The largest absolute Gasteiger partial charge is 0.462 e. The lowest BCUT2D eigenvalue weighted by Crippen LogP contribution is -2.37. The molecule has 0 atom stereocenters. The molecule has 0 heterocycles. The molecule has 0 saturated heterocycles. The number of methoxy groups -OCH3 is 1. The van der Waals surface area contributed by atoms with Crippen molar-refractivity contribution in [1.29, 1.82) is 0 Å². The molecule has 0 aliphatic heterocycles. The van der Waals surface area contributed by atoms with E-state index in [2.05, 4.69) is 46.7 Å². The molecule has 0 bridgehead atoms. The maximum Gasteiger partial charge on any atom is 0.410 e. The summed E-state index contributed by atoms with van der Waals surface area (Å²) in [5, 5.41) is 0. The van der Waals surface area contributed by atoms with Gasteiger partial charge in [0.25, 0.3) is 0 Å². The summed E-state index contributed by atoms with van der Waals surface area (Å²) in [5.74, 6) is -0.0105. The zero-order valence-electron chi connectivity index (χ0n) is 47.2. The molecule has 1 amide bonds. The summed E-state index contributed by atoms with van der Waals surface area (Å²) >= 11 is 0. The molecule has 0 spiro atoms. The van der Waals surface area contributed by atoms with Gasteiger partial charge in [0.1, 0.15) is 18.3 Å². The highest BCUT2D eigenvalue weighted by Crippen LogP contribution is 2.22. The van der Waals surface area contributed by atoms with Gasteiger partial charge < -0.3 is 28.7 Å². The predicted molar refractivity (Wildman–Crippen MR) is 293 cm³/mol. The molecule has 0 fully saturated rings. The Hall–Kier alpha value is -1.87. The molecule has 410 valence electrons. The molecule has 0 unspecified atom stereocenters. The first-order chi connectivity index (χ1) is 33.7. The van der Waals surface area contributed by atoms with Crippen LogP contribution in [0, 0.1) is 0 Å². The van der Waals surface area contributed by atoms with Crippen molar-refractivity contribution in [3.05, 3.63) is 0 Å². The topological polar surface area (TPSA) is 94.6 Å². The van der Waals surface area contributed by atoms with Crippen LogP contribution in [-0.4, -0.2) is 93.6 Å².